The van der Waals surface area contributed by atoms with Gasteiger partial charge in [-0.2, -0.15) is 13.2 Å². The van der Waals surface area contributed by atoms with Crippen molar-refractivity contribution in [2.24, 2.45) is 0 Å². The van der Waals surface area contributed by atoms with E-state index in [0.29, 0.717) is 26.1 Å². The van der Waals surface area contributed by atoms with Gasteiger partial charge in [0, 0.05) is 26.2 Å². The van der Waals surface area contributed by atoms with Crippen LogP contribution in [0.2, 0.25) is 0 Å². The highest BCUT2D eigenvalue weighted by Gasteiger charge is 2.38. The number of ether oxygens (including phenoxy) is 2. The van der Waals surface area contributed by atoms with Gasteiger partial charge in [0.2, 0.25) is 5.91 Å². The Morgan fingerprint density at radius 3 is 2.62 bits per heavy atom. The fraction of sp³-hybridized carbons (Fsp3) is 0.650. The minimum atomic E-state index is -4.37. The maximum Gasteiger partial charge on any atom is 0.416 e. The summed E-state index contributed by atoms with van der Waals surface area (Å²) in [6, 6.07) is 5.04. The monoisotopic (exact) mass is 416 g/mol. The molecule has 3 rings (SSSR count). The zero-order chi connectivity index (χ0) is 21.0. The van der Waals surface area contributed by atoms with E-state index in [9.17, 15) is 23.1 Å². The van der Waals surface area contributed by atoms with Crippen LogP contribution >= 0.6 is 0 Å². The Morgan fingerprint density at radius 1 is 1.24 bits per heavy atom. The van der Waals surface area contributed by atoms with Crippen LogP contribution in [0.25, 0.3) is 0 Å². The highest BCUT2D eigenvalue weighted by Crippen LogP contribution is 2.31. The average molecular weight is 416 g/mol. The highest BCUT2D eigenvalue weighted by molar-refractivity contribution is 5.76. The number of amides is 1. The largest absolute Gasteiger partial charge is 0.416 e. The fourth-order valence-electron chi connectivity index (χ4n) is 3.97. The van der Waals surface area contributed by atoms with E-state index in [0.717, 1.165) is 24.1 Å². The maximum atomic E-state index is 12.8. The molecular formula is C20H27F3N2O4. The molecule has 2 fully saturated rings. The first-order chi connectivity index (χ1) is 13.8. The van der Waals surface area contributed by atoms with Gasteiger partial charge in [-0.3, -0.25) is 9.69 Å². The standard InChI is InChI=1S/C20H27F3N2O4/c1-24-19(27)8-16-6-7-17-18(29-16)12-28-11-15(26)10-25(17)9-13-2-4-14(5-3-13)20(21,22)23/h2-5,15-18,26H,6-12H2,1H3,(H,24,27)/t15-,16+,17+,18-/m0/s1. The van der Waals surface area contributed by atoms with Crippen LogP contribution in [0.5, 0.6) is 0 Å². The number of benzene rings is 1. The molecule has 9 heteroatoms. The molecule has 1 amide bonds. The van der Waals surface area contributed by atoms with Gasteiger partial charge in [-0.05, 0) is 30.5 Å². The van der Waals surface area contributed by atoms with Crippen molar-refractivity contribution >= 4 is 5.91 Å². The summed E-state index contributed by atoms with van der Waals surface area (Å²) in [4.78, 5) is 13.7. The molecule has 6 nitrogen and oxygen atoms in total. The minimum absolute atomic E-state index is 0.0480. The molecule has 2 aliphatic heterocycles. The third-order valence-corrected chi connectivity index (χ3v) is 5.45. The number of aliphatic hydroxyl groups excluding tert-OH is 1. The van der Waals surface area contributed by atoms with Crippen LogP contribution in [-0.4, -0.2) is 67.1 Å². The number of carbonyl (C=O) groups excluding carboxylic acids is 1. The lowest BCUT2D eigenvalue weighted by atomic mass is 9.94. The zero-order valence-corrected chi connectivity index (χ0v) is 16.3. The summed E-state index contributed by atoms with van der Waals surface area (Å²) in [6.45, 7) is 1.21. The Balaban J connectivity index is 1.71. The van der Waals surface area contributed by atoms with Crippen LogP contribution in [0.3, 0.4) is 0 Å². The van der Waals surface area contributed by atoms with Crippen LogP contribution in [0, 0.1) is 0 Å². The van der Waals surface area contributed by atoms with Gasteiger partial charge in [-0.15, -0.1) is 0 Å². The first kappa shape index (κ1) is 22.0. The number of hydrogen-bond acceptors (Lipinski definition) is 5. The van der Waals surface area contributed by atoms with E-state index in [4.69, 9.17) is 9.47 Å². The number of β-amino-alcohol motifs (C(OH)–C–C–N with tert-alkyl or cyclic N) is 1. The first-order valence-electron chi connectivity index (χ1n) is 9.78. The number of hydrogen-bond donors (Lipinski definition) is 2. The predicted octanol–water partition coefficient (Wildman–Crippen LogP) is 1.95. The second kappa shape index (κ2) is 9.42. The highest BCUT2D eigenvalue weighted by atomic mass is 19.4. The maximum absolute atomic E-state index is 12.8. The van der Waals surface area contributed by atoms with E-state index >= 15 is 0 Å². The van der Waals surface area contributed by atoms with Crippen LogP contribution in [0.4, 0.5) is 13.2 Å². The molecule has 1 aromatic carbocycles. The molecule has 1 aromatic rings. The van der Waals surface area contributed by atoms with Gasteiger partial charge in [-0.25, -0.2) is 0 Å². The molecule has 2 aliphatic rings. The van der Waals surface area contributed by atoms with Crippen LogP contribution in [-0.2, 0) is 27.0 Å². The van der Waals surface area contributed by atoms with E-state index in [2.05, 4.69) is 10.2 Å². The van der Waals surface area contributed by atoms with Crippen molar-refractivity contribution in [3.05, 3.63) is 35.4 Å². The Morgan fingerprint density at radius 2 is 1.97 bits per heavy atom. The van der Waals surface area contributed by atoms with E-state index in [1.165, 1.54) is 12.1 Å². The molecule has 2 heterocycles. The van der Waals surface area contributed by atoms with Crippen molar-refractivity contribution in [2.45, 2.75) is 56.3 Å². The predicted molar refractivity (Wildman–Crippen MR) is 99.0 cm³/mol. The van der Waals surface area contributed by atoms with Crippen LogP contribution < -0.4 is 5.32 Å². The Bertz CT molecular complexity index is 683. The van der Waals surface area contributed by atoms with Gasteiger partial charge >= 0.3 is 6.18 Å². The van der Waals surface area contributed by atoms with Gasteiger partial charge in [0.15, 0.2) is 0 Å². The minimum Gasteiger partial charge on any atom is -0.389 e. The van der Waals surface area contributed by atoms with Gasteiger partial charge in [0.05, 0.1) is 43.5 Å². The summed E-state index contributed by atoms with van der Waals surface area (Å²) < 4.78 is 50.1. The molecule has 0 spiro atoms. The summed E-state index contributed by atoms with van der Waals surface area (Å²) in [5, 5.41) is 12.8. The third kappa shape index (κ3) is 5.91. The van der Waals surface area contributed by atoms with E-state index < -0.39 is 17.8 Å². The topological polar surface area (TPSA) is 71.0 Å². The number of halogens is 3. The Labute approximate surface area is 168 Å². The second-order valence-corrected chi connectivity index (χ2v) is 7.63. The molecule has 0 bridgehead atoms. The molecule has 0 radical (unpaired) electrons. The Kier molecular flexibility index (Phi) is 7.15. The van der Waals surface area contributed by atoms with E-state index in [1.54, 1.807) is 7.05 Å². The zero-order valence-electron chi connectivity index (χ0n) is 16.3. The smallest absolute Gasteiger partial charge is 0.389 e. The van der Waals surface area contributed by atoms with Gasteiger partial charge in [0.25, 0.3) is 0 Å². The third-order valence-electron chi connectivity index (χ3n) is 5.45. The molecule has 29 heavy (non-hydrogen) atoms. The summed E-state index contributed by atoms with van der Waals surface area (Å²) in [5.41, 5.74) is 0.0520. The van der Waals surface area contributed by atoms with Crippen molar-refractivity contribution < 1.29 is 32.5 Å². The number of nitrogens with one attached hydrogen (secondary N) is 1. The average Bonchev–Trinajstić information content (AvgIpc) is 2.66. The molecule has 0 aromatic heterocycles. The number of alkyl halides is 3. The Hall–Kier alpha value is -1.68. The van der Waals surface area contributed by atoms with Crippen molar-refractivity contribution in [3.63, 3.8) is 0 Å². The summed E-state index contributed by atoms with van der Waals surface area (Å²) in [7, 11) is 1.58. The van der Waals surface area contributed by atoms with Crippen LogP contribution in [0.1, 0.15) is 30.4 Å². The SMILES string of the molecule is CNC(=O)C[C@H]1CC[C@@H]2[C@H](COC[C@@H](O)CN2Cc2ccc(C(F)(F)F)cc2)O1. The number of fused-ring (bicyclic) bond motifs is 1. The molecule has 0 unspecified atom stereocenters. The second-order valence-electron chi connectivity index (χ2n) is 7.63. The lowest BCUT2D eigenvalue weighted by molar-refractivity contribution is -0.158. The molecule has 0 saturated carbocycles. The van der Waals surface area contributed by atoms with Crippen molar-refractivity contribution in [1.29, 1.82) is 0 Å². The van der Waals surface area contributed by atoms with Crippen LogP contribution in [0.15, 0.2) is 24.3 Å². The number of rotatable bonds is 4. The number of carbonyl (C=O) groups is 1. The van der Waals surface area contributed by atoms with Crippen molar-refractivity contribution in [1.82, 2.24) is 10.2 Å². The summed E-state index contributed by atoms with van der Waals surface area (Å²) >= 11 is 0. The normalized spacial score (nSPS) is 28.9. The lowest BCUT2D eigenvalue weighted by Crippen LogP contribution is -2.55. The van der Waals surface area contributed by atoms with E-state index in [-0.39, 0.29) is 37.2 Å². The van der Waals surface area contributed by atoms with Gasteiger partial charge < -0.3 is 19.9 Å². The number of aliphatic hydroxyl groups is 1. The summed E-state index contributed by atoms with van der Waals surface area (Å²) in [6.07, 6.45) is -3.79. The summed E-state index contributed by atoms with van der Waals surface area (Å²) in [5.74, 6) is -0.0859. The van der Waals surface area contributed by atoms with Gasteiger partial charge in [-0.1, -0.05) is 12.1 Å². The first-order valence-corrected chi connectivity index (χ1v) is 9.78. The molecular weight excluding hydrogens is 389 g/mol. The van der Waals surface area contributed by atoms with Crippen molar-refractivity contribution in [2.75, 3.05) is 26.8 Å². The molecule has 0 aliphatic carbocycles. The van der Waals surface area contributed by atoms with Gasteiger partial charge in [0.1, 0.15) is 0 Å². The van der Waals surface area contributed by atoms with Crippen molar-refractivity contribution in [3.8, 4) is 0 Å². The quantitative estimate of drug-likeness (QED) is 0.785. The molecule has 2 N–H and O–H groups in total. The molecule has 2 saturated heterocycles. The lowest BCUT2D eigenvalue weighted by Gasteiger charge is -2.44. The van der Waals surface area contributed by atoms with E-state index in [1.807, 2.05) is 0 Å². The molecule has 4 atom stereocenters. The molecule has 162 valence electrons. The number of nitrogens with zero attached hydrogens (tertiary/aromatic N) is 1. The fourth-order valence-corrected chi connectivity index (χ4v) is 3.97.